The van der Waals surface area contributed by atoms with Gasteiger partial charge < -0.3 is 15.0 Å². The van der Waals surface area contributed by atoms with Crippen LogP contribution < -0.4 is 10.2 Å². The van der Waals surface area contributed by atoms with E-state index in [0.717, 1.165) is 67.4 Å². The Morgan fingerprint density at radius 2 is 1.73 bits per heavy atom. The molecule has 2 aromatic carbocycles. The molecule has 2 fully saturated rings. The van der Waals surface area contributed by atoms with Crippen LogP contribution in [0.25, 0.3) is 16.8 Å². The summed E-state index contributed by atoms with van der Waals surface area (Å²) < 4.78 is 31.5. The molecule has 0 saturated carbocycles. The van der Waals surface area contributed by atoms with Crippen LogP contribution in [0.15, 0.2) is 66.9 Å². The maximum atomic E-state index is 11.4. The minimum atomic E-state index is -2.65. The molecule has 4 heterocycles. The van der Waals surface area contributed by atoms with E-state index >= 15 is 0 Å². The number of morpholine rings is 1. The average molecular weight is 562 g/mol. The molecule has 4 aromatic rings. The molecule has 2 saturated heterocycles. The number of rotatable bonds is 8. The van der Waals surface area contributed by atoms with E-state index in [1.54, 1.807) is 13.2 Å². The van der Waals surface area contributed by atoms with Gasteiger partial charge >= 0.3 is 0 Å². The number of ether oxygens (including phenoxy) is 1. The zero-order valence-corrected chi connectivity index (χ0v) is 23.5. The lowest BCUT2D eigenvalue weighted by Crippen LogP contribution is -2.49. The Morgan fingerprint density at radius 1 is 0.975 bits per heavy atom. The van der Waals surface area contributed by atoms with Crippen molar-refractivity contribution in [2.24, 2.45) is 0 Å². The van der Waals surface area contributed by atoms with Crippen molar-refractivity contribution in [3.63, 3.8) is 0 Å². The molecule has 0 radical (unpaired) electrons. The summed E-state index contributed by atoms with van der Waals surface area (Å²) in [7, 11) is -1.08. The number of piperidine rings is 1. The van der Waals surface area contributed by atoms with Crippen LogP contribution in [-0.4, -0.2) is 84.7 Å². The summed E-state index contributed by atoms with van der Waals surface area (Å²) in [6.45, 7) is 6.23. The van der Waals surface area contributed by atoms with Crippen molar-refractivity contribution in [1.29, 1.82) is 0 Å². The summed E-state index contributed by atoms with van der Waals surface area (Å²) >= 11 is 0. The van der Waals surface area contributed by atoms with E-state index in [0.29, 0.717) is 12.0 Å². The van der Waals surface area contributed by atoms with Crippen molar-refractivity contribution in [3.05, 3.63) is 72.4 Å². The molecule has 210 valence electrons. The van der Waals surface area contributed by atoms with Crippen molar-refractivity contribution in [2.75, 3.05) is 56.7 Å². The topological polar surface area (TPSA) is 95.3 Å². The van der Waals surface area contributed by atoms with Gasteiger partial charge in [0.25, 0.3) is 0 Å². The highest BCUT2D eigenvalue weighted by molar-refractivity contribution is 7.69. The number of benzene rings is 2. The highest BCUT2D eigenvalue weighted by atomic mass is 32.2. The Morgan fingerprint density at radius 3 is 2.48 bits per heavy atom. The van der Waals surface area contributed by atoms with Gasteiger partial charge in [0.1, 0.15) is 0 Å². The lowest BCUT2D eigenvalue weighted by atomic mass is 10.0. The van der Waals surface area contributed by atoms with Crippen LogP contribution in [-0.2, 0) is 22.2 Å². The molecule has 2 aliphatic heterocycles. The van der Waals surface area contributed by atoms with Gasteiger partial charge in [0.15, 0.2) is 0 Å². The number of aromatic nitrogens is 3. The molecule has 40 heavy (non-hydrogen) atoms. The van der Waals surface area contributed by atoms with Crippen molar-refractivity contribution in [2.45, 2.75) is 25.4 Å². The second kappa shape index (κ2) is 11.9. The number of nitrogens with one attached hydrogen (secondary N) is 1. The standard InChI is InChI=1S/C29H35N7O3S/c1-33(40(37)38)21-22-4-2-3-5-27(22)28-11-10-26-20-30-29(32-36(26)28)31-23-6-8-24(9-7-23)34-14-12-25(13-15-34)35-16-18-39-19-17-35/h2-11,20,25,40H,12-19,21H2,1H3,(H,31,32). The van der Waals surface area contributed by atoms with Gasteiger partial charge in [-0.1, -0.05) is 24.3 Å². The van der Waals surface area contributed by atoms with E-state index in [-0.39, 0.29) is 6.54 Å². The Bertz CT molecular complexity index is 1520. The molecule has 2 aromatic heterocycles. The molecule has 6 rings (SSSR count). The fourth-order valence-corrected chi connectivity index (χ4v) is 5.96. The van der Waals surface area contributed by atoms with E-state index in [1.807, 2.05) is 40.9 Å². The summed E-state index contributed by atoms with van der Waals surface area (Å²) in [4.78, 5) is 9.57. The monoisotopic (exact) mass is 561 g/mol. The minimum absolute atomic E-state index is 0.287. The molecule has 0 amide bonds. The van der Waals surface area contributed by atoms with Gasteiger partial charge in [0.05, 0.1) is 30.6 Å². The third-order valence-corrected chi connectivity index (χ3v) is 8.58. The zero-order valence-electron chi connectivity index (χ0n) is 22.6. The fourth-order valence-electron chi connectivity index (χ4n) is 5.69. The number of hydrogen-bond donors (Lipinski definition) is 2. The fraction of sp³-hybridized carbons (Fsp3) is 0.379. The second-order valence-corrected chi connectivity index (χ2v) is 11.5. The molecule has 0 bridgehead atoms. The van der Waals surface area contributed by atoms with Crippen LogP contribution in [0.1, 0.15) is 18.4 Å². The maximum Gasteiger partial charge on any atom is 0.245 e. The molecule has 2 aliphatic rings. The van der Waals surface area contributed by atoms with Gasteiger partial charge in [0, 0.05) is 62.8 Å². The average Bonchev–Trinajstić information content (AvgIpc) is 3.41. The smallest absolute Gasteiger partial charge is 0.245 e. The quantitative estimate of drug-likeness (QED) is 0.316. The molecule has 10 nitrogen and oxygen atoms in total. The Labute approximate surface area is 236 Å². The zero-order chi connectivity index (χ0) is 27.5. The predicted molar refractivity (Wildman–Crippen MR) is 158 cm³/mol. The number of fused-ring (bicyclic) bond motifs is 1. The first kappa shape index (κ1) is 26.7. The first-order valence-electron chi connectivity index (χ1n) is 13.8. The van der Waals surface area contributed by atoms with E-state index < -0.39 is 10.9 Å². The first-order valence-corrected chi connectivity index (χ1v) is 14.9. The van der Waals surface area contributed by atoms with Crippen LogP contribution in [0.5, 0.6) is 0 Å². The summed E-state index contributed by atoms with van der Waals surface area (Å²) in [5.74, 6) is 0.487. The number of hydrogen-bond acceptors (Lipinski definition) is 8. The first-order chi connectivity index (χ1) is 19.5. The Hall–Kier alpha value is -3.51. The van der Waals surface area contributed by atoms with Crippen LogP contribution in [0, 0.1) is 0 Å². The minimum Gasteiger partial charge on any atom is -0.379 e. The van der Waals surface area contributed by atoms with E-state index in [9.17, 15) is 8.42 Å². The van der Waals surface area contributed by atoms with Crippen LogP contribution in [0.2, 0.25) is 0 Å². The van der Waals surface area contributed by atoms with Gasteiger partial charge in [-0.2, -0.15) is 0 Å². The summed E-state index contributed by atoms with van der Waals surface area (Å²) in [5.41, 5.74) is 5.72. The third kappa shape index (κ3) is 5.83. The van der Waals surface area contributed by atoms with E-state index in [4.69, 9.17) is 9.84 Å². The summed E-state index contributed by atoms with van der Waals surface area (Å²) in [6, 6.07) is 20.9. The second-order valence-electron chi connectivity index (χ2n) is 10.4. The molecule has 1 N–H and O–H groups in total. The highest BCUT2D eigenvalue weighted by Gasteiger charge is 2.26. The molecular formula is C29H35N7O3S. The van der Waals surface area contributed by atoms with Gasteiger partial charge in [-0.05, 0) is 54.8 Å². The lowest BCUT2D eigenvalue weighted by molar-refractivity contribution is 0.0115. The molecule has 0 unspecified atom stereocenters. The summed E-state index contributed by atoms with van der Waals surface area (Å²) in [6.07, 6.45) is 4.15. The third-order valence-electron chi connectivity index (χ3n) is 7.88. The number of anilines is 3. The van der Waals surface area contributed by atoms with E-state index in [1.165, 1.54) is 22.8 Å². The van der Waals surface area contributed by atoms with Crippen molar-refractivity contribution in [1.82, 2.24) is 23.8 Å². The number of nitrogens with zero attached hydrogens (tertiary/aromatic N) is 6. The molecule has 0 spiro atoms. The molecule has 0 aliphatic carbocycles. The Kier molecular flexibility index (Phi) is 7.96. The normalized spacial score (nSPS) is 17.2. The molecular weight excluding hydrogens is 526 g/mol. The molecule has 0 atom stereocenters. The van der Waals surface area contributed by atoms with Gasteiger partial charge in [-0.25, -0.2) is 22.2 Å². The largest absolute Gasteiger partial charge is 0.379 e. The van der Waals surface area contributed by atoms with Gasteiger partial charge in [0.2, 0.25) is 16.8 Å². The number of thiol groups is 1. The van der Waals surface area contributed by atoms with Crippen LogP contribution in [0.3, 0.4) is 0 Å². The van der Waals surface area contributed by atoms with Crippen molar-refractivity contribution < 1.29 is 13.2 Å². The van der Waals surface area contributed by atoms with Gasteiger partial charge in [-0.3, -0.25) is 4.90 Å². The Balaban J connectivity index is 1.15. The van der Waals surface area contributed by atoms with E-state index in [2.05, 4.69) is 44.4 Å². The SMILES string of the molecule is CN(Cc1ccccc1-c1ccc2cnc(Nc3ccc(N4CCC(N5CCOCC5)CC4)cc3)nn12)[SH](=O)=O. The van der Waals surface area contributed by atoms with Gasteiger partial charge in [-0.15, -0.1) is 5.10 Å². The summed E-state index contributed by atoms with van der Waals surface area (Å²) in [5, 5.41) is 8.10. The van der Waals surface area contributed by atoms with Crippen LogP contribution in [0.4, 0.5) is 17.3 Å². The maximum absolute atomic E-state index is 11.4. The van der Waals surface area contributed by atoms with Crippen molar-refractivity contribution in [3.8, 4) is 11.3 Å². The molecule has 11 heteroatoms. The van der Waals surface area contributed by atoms with Crippen LogP contribution >= 0.6 is 0 Å². The predicted octanol–water partition coefficient (Wildman–Crippen LogP) is 3.40. The lowest BCUT2D eigenvalue weighted by Gasteiger charge is -2.40. The van der Waals surface area contributed by atoms with Crippen molar-refractivity contribution >= 4 is 33.7 Å². The highest BCUT2D eigenvalue weighted by Crippen LogP contribution is 2.28.